The van der Waals surface area contributed by atoms with E-state index in [0.717, 1.165) is 5.69 Å². The molecule has 0 radical (unpaired) electrons. The Hall–Kier alpha value is -2.04. The van der Waals surface area contributed by atoms with Gasteiger partial charge in [-0.2, -0.15) is 10.2 Å². The first-order chi connectivity index (χ1) is 7.24. The second kappa shape index (κ2) is 5.64. The van der Waals surface area contributed by atoms with E-state index in [1.165, 1.54) is 0 Å². The molecule has 0 saturated heterocycles. The van der Waals surface area contributed by atoms with Crippen LogP contribution in [0.25, 0.3) is 0 Å². The molecule has 3 N–H and O–H groups in total. The molecule has 0 aliphatic rings. The summed E-state index contributed by atoms with van der Waals surface area (Å²) >= 11 is 0. The number of hydrogen-bond donors (Lipinski definition) is 2. The van der Waals surface area contributed by atoms with Crippen LogP contribution in [-0.4, -0.2) is 23.2 Å². The standard InChI is InChI=1S/C10H13N5/c1-2-13-14-7-6-8-4-3-5-9(15-8)10(11)12/h2-5,7H,6H2,1H3,(H3,11,12)/b13-2+,14-7+. The molecule has 0 fully saturated rings. The van der Waals surface area contributed by atoms with Crippen molar-refractivity contribution in [3.8, 4) is 0 Å². The average molecular weight is 203 g/mol. The lowest BCUT2D eigenvalue weighted by atomic mass is 10.2. The number of amidine groups is 1. The lowest BCUT2D eigenvalue weighted by molar-refractivity contribution is 1.11. The number of rotatable bonds is 4. The molecule has 1 heterocycles. The third-order valence-electron chi connectivity index (χ3n) is 1.65. The van der Waals surface area contributed by atoms with Crippen LogP contribution < -0.4 is 5.73 Å². The van der Waals surface area contributed by atoms with Crippen LogP contribution in [0.1, 0.15) is 18.3 Å². The summed E-state index contributed by atoms with van der Waals surface area (Å²) in [5, 5.41) is 14.7. The molecule has 0 amide bonds. The lowest BCUT2D eigenvalue weighted by Crippen LogP contribution is -2.13. The predicted molar refractivity (Wildman–Crippen MR) is 61.6 cm³/mol. The zero-order chi connectivity index (χ0) is 11.1. The van der Waals surface area contributed by atoms with Crippen LogP contribution in [0.5, 0.6) is 0 Å². The van der Waals surface area contributed by atoms with Gasteiger partial charge in [-0.05, 0) is 19.1 Å². The normalized spacial score (nSPS) is 11.3. The topological polar surface area (TPSA) is 87.5 Å². The Balaban J connectivity index is 2.69. The highest BCUT2D eigenvalue weighted by Gasteiger charge is 1.98. The fourth-order valence-corrected chi connectivity index (χ4v) is 0.991. The molecule has 0 saturated carbocycles. The molecule has 0 aromatic carbocycles. The van der Waals surface area contributed by atoms with Gasteiger partial charge >= 0.3 is 0 Å². The maximum Gasteiger partial charge on any atom is 0.141 e. The second-order valence-electron chi connectivity index (χ2n) is 2.80. The van der Waals surface area contributed by atoms with Gasteiger partial charge in [0.15, 0.2) is 0 Å². The highest BCUT2D eigenvalue weighted by atomic mass is 15.2. The number of nitrogens with one attached hydrogen (secondary N) is 1. The largest absolute Gasteiger partial charge is 0.382 e. The van der Waals surface area contributed by atoms with Crippen molar-refractivity contribution in [3.05, 3.63) is 29.6 Å². The molecule has 1 aromatic rings. The Bertz CT molecular complexity index is 395. The van der Waals surface area contributed by atoms with Gasteiger partial charge in [0.25, 0.3) is 0 Å². The predicted octanol–water partition coefficient (Wildman–Crippen LogP) is 0.985. The van der Waals surface area contributed by atoms with Crippen LogP contribution in [0.15, 0.2) is 28.4 Å². The smallest absolute Gasteiger partial charge is 0.141 e. The third kappa shape index (κ3) is 3.68. The van der Waals surface area contributed by atoms with Crippen molar-refractivity contribution < 1.29 is 0 Å². The summed E-state index contributed by atoms with van der Waals surface area (Å²) in [6.45, 7) is 1.80. The zero-order valence-electron chi connectivity index (χ0n) is 8.51. The van der Waals surface area contributed by atoms with Crippen molar-refractivity contribution in [1.82, 2.24) is 4.98 Å². The van der Waals surface area contributed by atoms with Gasteiger partial charge < -0.3 is 5.73 Å². The van der Waals surface area contributed by atoms with E-state index in [1.54, 1.807) is 25.4 Å². The second-order valence-corrected chi connectivity index (χ2v) is 2.80. The molecule has 1 aromatic heterocycles. The van der Waals surface area contributed by atoms with Gasteiger partial charge in [0.1, 0.15) is 11.5 Å². The Morgan fingerprint density at radius 3 is 3.00 bits per heavy atom. The highest BCUT2D eigenvalue weighted by Crippen LogP contribution is 1.98. The monoisotopic (exact) mass is 203 g/mol. The molecule has 5 heteroatoms. The maximum absolute atomic E-state index is 7.23. The summed E-state index contributed by atoms with van der Waals surface area (Å²) in [5.74, 6) is -0.0274. The van der Waals surface area contributed by atoms with E-state index in [2.05, 4.69) is 15.2 Å². The summed E-state index contributed by atoms with van der Waals surface area (Å²) in [6.07, 6.45) is 3.85. The highest BCUT2D eigenvalue weighted by molar-refractivity contribution is 5.93. The Kier molecular flexibility index (Phi) is 4.15. The molecule has 0 atom stereocenters. The lowest BCUT2D eigenvalue weighted by Gasteiger charge is -1.99. The van der Waals surface area contributed by atoms with Crippen LogP contribution >= 0.6 is 0 Å². The number of nitrogens with zero attached hydrogens (tertiary/aromatic N) is 3. The average Bonchev–Trinajstić information content (AvgIpc) is 2.25. The van der Waals surface area contributed by atoms with E-state index in [1.807, 2.05) is 12.1 Å². The molecule has 15 heavy (non-hydrogen) atoms. The number of pyridine rings is 1. The number of aromatic nitrogens is 1. The van der Waals surface area contributed by atoms with Crippen molar-refractivity contribution in [2.24, 2.45) is 15.9 Å². The SMILES string of the molecule is C/C=N/N=C/Cc1cccc(C(=N)N)n1. The first-order valence-corrected chi connectivity index (χ1v) is 4.54. The molecule has 0 aliphatic carbocycles. The van der Waals surface area contributed by atoms with Crippen LogP contribution in [0.4, 0.5) is 0 Å². The fraction of sp³-hybridized carbons (Fsp3) is 0.200. The molecule has 0 aliphatic heterocycles. The fourth-order valence-electron chi connectivity index (χ4n) is 0.991. The first kappa shape index (κ1) is 11.0. The van der Waals surface area contributed by atoms with Crippen LogP contribution in [0, 0.1) is 5.41 Å². The third-order valence-corrected chi connectivity index (χ3v) is 1.65. The van der Waals surface area contributed by atoms with Crippen molar-refractivity contribution in [1.29, 1.82) is 5.41 Å². The number of hydrogen-bond acceptors (Lipinski definition) is 4. The van der Waals surface area contributed by atoms with E-state index in [0.29, 0.717) is 12.1 Å². The van der Waals surface area contributed by atoms with Crippen molar-refractivity contribution in [2.75, 3.05) is 0 Å². The summed E-state index contributed by atoms with van der Waals surface area (Å²) in [7, 11) is 0. The minimum absolute atomic E-state index is 0.0274. The van der Waals surface area contributed by atoms with E-state index >= 15 is 0 Å². The van der Waals surface area contributed by atoms with Crippen molar-refractivity contribution in [2.45, 2.75) is 13.3 Å². The molecular formula is C10H13N5. The molecule has 78 valence electrons. The minimum Gasteiger partial charge on any atom is -0.382 e. The number of nitrogen functional groups attached to an aromatic ring is 1. The molecule has 0 bridgehead atoms. The van der Waals surface area contributed by atoms with E-state index in [9.17, 15) is 0 Å². The summed E-state index contributed by atoms with van der Waals surface area (Å²) in [4.78, 5) is 4.18. The number of nitrogens with two attached hydrogens (primary N) is 1. The van der Waals surface area contributed by atoms with Crippen LogP contribution in [0.3, 0.4) is 0 Å². The Labute approximate surface area is 88.3 Å². The molecular weight excluding hydrogens is 190 g/mol. The molecule has 0 unspecified atom stereocenters. The Morgan fingerprint density at radius 2 is 2.33 bits per heavy atom. The summed E-state index contributed by atoms with van der Waals surface area (Å²) in [6, 6.07) is 5.37. The first-order valence-electron chi connectivity index (χ1n) is 4.54. The van der Waals surface area contributed by atoms with Crippen molar-refractivity contribution in [3.63, 3.8) is 0 Å². The van der Waals surface area contributed by atoms with Gasteiger partial charge in [-0.15, -0.1) is 0 Å². The van der Waals surface area contributed by atoms with Gasteiger partial charge in [-0.3, -0.25) is 5.41 Å². The van der Waals surface area contributed by atoms with E-state index in [4.69, 9.17) is 11.1 Å². The van der Waals surface area contributed by atoms with Crippen LogP contribution in [0.2, 0.25) is 0 Å². The van der Waals surface area contributed by atoms with Gasteiger partial charge in [0, 0.05) is 24.5 Å². The summed E-state index contributed by atoms with van der Waals surface area (Å²) < 4.78 is 0. The zero-order valence-corrected chi connectivity index (χ0v) is 8.51. The Morgan fingerprint density at radius 1 is 1.53 bits per heavy atom. The van der Waals surface area contributed by atoms with Gasteiger partial charge in [-0.25, -0.2) is 4.98 Å². The van der Waals surface area contributed by atoms with E-state index in [-0.39, 0.29) is 5.84 Å². The maximum atomic E-state index is 7.23. The van der Waals surface area contributed by atoms with Crippen LogP contribution in [-0.2, 0) is 6.42 Å². The van der Waals surface area contributed by atoms with Gasteiger partial charge in [0.2, 0.25) is 0 Å². The summed E-state index contributed by atoms with van der Waals surface area (Å²) in [5.41, 5.74) is 6.63. The quantitative estimate of drug-likeness (QED) is 0.434. The molecule has 5 nitrogen and oxygen atoms in total. The van der Waals surface area contributed by atoms with Gasteiger partial charge in [0.05, 0.1) is 0 Å². The van der Waals surface area contributed by atoms with Crippen molar-refractivity contribution >= 4 is 18.3 Å². The van der Waals surface area contributed by atoms with E-state index < -0.39 is 0 Å². The van der Waals surface area contributed by atoms with Gasteiger partial charge in [-0.1, -0.05) is 6.07 Å². The molecule has 1 rings (SSSR count). The minimum atomic E-state index is -0.0274. The molecule has 0 spiro atoms.